The molecule has 5 nitrogen and oxygen atoms in total. The van der Waals surface area contributed by atoms with Crippen LogP contribution in [0.2, 0.25) is 0 Å². The van der Waals surface area contributed by atoms with Gasteiger partial charge in [-0.25, -0.2) is 19.5 Å². The van der Waals surface area contributed by atoms with Crippen molar-refractivity contribution in [3.8, 4) is 22.6 Å². The minimum atomic E-state index is 0.696. The number of rotatable bonds is 2. The van der Waals surface area contributed by atoms with Crippen molar-refractivity contribution < 1.29 is 4.57 Å². The maximum Gasteiger partial charge on any atom is 0.287 e. The molecule has 0 aliphatic heterocycles. The molecule has 2 aromatic carbocycles. The average Bonchev–Trinajstić information content (AvgIpc) is 2.63. The highest BCUT2D eigenvalue weighted by atomic mass is 15.0. The van der Waals surface area contributed by atoms with Crippen LogP contribution in [0.5, 0.6) is 0 Å². The third kappa shape index (κ3) is 3.13. The number of nitrogens with zero attached hydrogens (tertiary/aromatic N) is 5. The average molecular weight is 370 g/mol. The molecule has 2 aromatic heterocycles. The minimum absolute atomic E-state index is 0.696. The van der Waals surface area contributed by atoms with E-state index in [-0.39, 0.29) is 0 Å². The van der Waals surface area contributed by atoms with Gasteiger partial charge in [-0.1, -0.05) is 11.6 Å². The van der Waals surface area contributed by atoms with Gasteiger partial charge in [0.15, 0.2) is 11.3 Å². The predicted octanol–water partition coefficient (Wildman–Crippen LogP) is 4.12. The lowest BCUT2D eigenvalue weighted by Crippen LogP contribution is -2.32. The van der Waals surface area contributed by atoms with Crippen molar-refractivity contribution >= 4 is 10.9 Å². The molecule has 5 heteroatoms. The zero-order valence-electron chi connectivity index (χ0n) is 17.2. The third-order valence-electron chi connectivity index (χ3n) is 5.16. The van der Waals surface area contributed by atoms with E-state index in [0.29, 0.717) is 5.82 Å². The lowest BCUT2D eigenvalue weighted by molar-refractivity contribution is -0.662. The Morgan fingerprint density at radius 2 is 1.54 bits per heavy atom. The van der Waals surface area contributed by atoms with Crippen LogP contribution in [0.3, 0.4) is 0 Å². The summed E-state index contributed by atoms with van der Waals surface area (Å²) in [7, 11) is 2.04. The standard InChI is InChI=1S/C23H24N5/c1-13-9-14(2)15(3)19(10-13)22-20-11-18(7-8-21(20)24-12-28(22)6)23-26-16(4)25-17(5)27-23/h7-12H,1-6H3/q+1. The van der Waals surface area contributed by atoms with Gasteiger partial charge in [0.2, 0.25) is 0 Å². The molecule has 0 saturated carbocycles. The monoisotopic (exact) mass is 370 g/mol. The van der Waals surface area contributed by atoms with E-state index < -0.39 is 0 Å². The van der Waals surface area contributed by atoms with E-state index in [1.54, 1.807) is 0 Å². The van der Waals surface area contributed by atoms with E-state index >= 15 is 0 Å². The van der Waals surface area contributed by atoms with Crippen LogP contribution in [0.4, 0.5) is 0 Å². The first-order chi connectivity index (χ1) is 13.3. The van der Waals surface area contributed by atoms with Crippen LogP contribution in [0, 0.1) is 34.6 Å². The summed E-state index contributed by atoms with van der Waals surface area (Å²) in [4.78, 5) is 18.0. The molecule has 0 spiro atoms. The predicted molar refractivity (Wildman–Crippen MR) is 111 cm³/mol. The van der Waals surface area contributed by atoms with Crippen molar-refractivity contribution in [3.05, 3.63) is 65.0 Å². The Bertz CT molecular complexity index is 1210. The zero-order valence-corrected chi connectivity index (χ0v) is 17.2. The molecule has 140 valence electrons. The molecule has 0 bridgehead atoms. The van der Waals surface area contributed by atoms with E-state index in [9.17, 15) is 0 Å². The van der Waals surface area contributed by atoms with Gasteiger partial charge in [-0.05, 0) is 75.0 Å². The van der Waals surface area contributed by atoms with Crippen LogP contribution in [-0.4, -0.2) is 19.9 Å². The van der Waals surface area contributed by atoms with Crippen molar-refractivity contribution in [2.75, 3.05) is 0 Å². The first-order valence-electron chi connectivity index (χ1n) is 9.40. The maximum atomic E-state index is 4.62. The van der Waals surface area contributed by atoms with Gasteiger partial charge in [-0.15, -0.1) is 0 Å². The molecule has 4 rings (SSSR count). The number of benzene rings is 2. The summed E-state index contributed by atoms with van der Waals surface area (Å²) in [6.45, 7) is 10.3. The molecule has 0 atom stereocenters. The van der Waals surface area contributed by atoms with Gasteiger partial charge in [0.25, 0.3) is 6.33 Å². The van der Waals surface area contributed by atoms with Crippen LogP contribution in [0.15, 0.2) is 36.7 Å². The quantitative estimate of drug-likeness (QED) is 0.498. The number of aromatic nitrogens is 5. The molecule has 2 heterocycles. The van der Waals surface area contributed by atoms with Gasteiger partial charge in [-0.3, -0.25) is 0 Å². The van der Waals surface area contributed by atoms with Gasteiger partial charge in [0, 0.05) is 11.1 Å². The molecule has 0 radical (unpaired) electrons. The summed E-state index contributed by atoms with van der Waals surface area (Å²) in [6.07, 6.45) is 1.88. The van der Waals surface area contributed by atoms with Crippen molar-refractivity contribution in [3.63, 3.8) is 0 Å². The highest BCUT2D eigenvalue weighted by Gasteiger charge is 2.19. The Morgan fingerprint density at radius 3 is 2.25 bits per heavy atom. The van der Waals surface area contributed by atoms with E-state index in [4.69, 9.17) is 0 Å². The molecule has 0 unspecified atom stereocenters. The normalized spacial score (nSPS) is 11.2. The number of fused-ring (bicyclic) bond motifs is 1. The largest absolute Gasteiger partial charge is 0.287 e. The van der Waals surface area contributed by atoms with E-state index in [1.165, 1.54) is 22.3 Å². The summed E-state index contributed by atoms with van der Waals surface area (Å²) in [5.74, 6) is 2.15. The Labute approximate surface area is 165 Å². The van der Waals surface area contributed by atoms with Crippen LogP contribution in [0.1, 0.15) is 28.3 Å². The van der Waals surface area contributed by atoms with E-state index in [2.05, 4.69) is 63.5 Å². The van der Waals surface area contributed by atoms with Crippen molar-refractivity contribution in [1.82, 2.24) is 19.9 Å². The second-order valence-electron chi connectivity index (χ2n) is 7.44. The molecule has 0 N–H and O–H groups in total. The second-order valence-corrected chi connectivity index (χ2v) is 7.44. The molecule has 0 saturated heterocycles. The minimum Gasteiger partial charge on any atom is -0.232 e. The highest BCUT2D eigenvalue weighted by molar-refractivity contribution is 5.94. The number of hydrogen-bond acceptors (Lipinski definition) is 4. The fourth-order valence-electron chi connectivity index (χ4n) is 3.74. The van der Waals surface area contributed by atoms with Crippen molar-refractivity contribution in [2.24, 2.45) is 7.05 Å². The van der Waals surface area contributed by atoms with Crippen molar-refractivity contribution in [2.45, 2.75) is 34.6 Å². The van der Waals surface area contributed by atoms with Gasteiger partial charge in [-0.2, -0.15) is 0 Å². The third-order valence-corrected chi connectivity index (χ3v) is 5.16. The second kappa shape index (κ2) is 6.75. The molecule has 0 amide bonds. The summed E-state index contributed by atoms with van der Waals surface area (Å²) in [6, 6.07) is 10.7. The molecule has 0 aliphatic rings. The van der Waals surface area contributed by atoms with Crippen LogP contribution >= 0.6 is 0 Å². The van der Waals surface area contributed by atoms with Gasteiger partial charge in [0.05, 0.1) is 12.4 Å². The first kappa shape index (κ1) is 18.2. The van der Waals surface area contributed by atoms with Crippen LogP contribution in [0.25, 0.3) is 33.5 Å². The summed E-state index contributed by atoms with van der Waals surface area (Å²) in [5.41, 5.74) is 8.13. The van der Waals surface area contributed by atoms with Gasteiger partial charge < -0.3 is 0 Å². The molecular weight excluding hydrogens is 346 g/mol. The number of aryl methyl sites for hydroxylation is 5. The van der Waals surface area contributed by atoms with Gasteiger partial charge >= 0.3 is 0 Å². The zero-order chi connectivity index (χ0) is 20.0. The first-order valence-corrected chi connectivity index (χ1v) is 9.40. The fraction of sp³-hybridized carbons (Fsp3) is 0.261. The summed E-state index contributed by atoms with van der Waals surface area (Å²) in [5, 5.41) is 1.09. The SMILES string of the molecule is Cc1cc(C)c(C)c(-c2c3cc(-c4nc(C)nc(C)n4)ccc3nc[n+]2C)c1. The van der Waals surface area contributed by atoms with E-state index in [1.807, 2.05) is 39.4 Å². The molecule has 0 fully saturated rings. The highest BCUT2D eigenvalue weighted by Crippen LogP contribution is 2.31. The van der Waals surface area contributed by atoms with Crippen molar-refractivity contribution in [1.29, 1.82) is 0 Å². The van der Waals surface area contributed by atoms with E-state index in [0.717, 1.165) is 33.8 Å². The van der Waals surface area contributed by atoms with Gasteiger partial charge in [0.1, 0.15) is 17.3 Å². The van der Waals surface area contributed by atoms with Crippen LogP contribution in [-0.2, 0) is 7.05 Å². The lowest BCUT2D eigenvalue weighted by atomic mass is 9.95. The fourth-order valence-corrected chi connectivity index (χ4v) is 3.74. The Kier molecular flexibility index (Phi) is 4.38. The Balaban J connectivity index is 2.03. The summed E-state index contributed by atoms with van der Waals surface area (Å²) >= 11 is 0. The Morgan fingerprint density at radius 1 is 0.821 bits per heavy atom. The maximum absolute atomic E-state index is 4.62. The number of hydrogen-bond donors (Lipinski definition) is 0. The Hall–Kier alpha value is -3.21. The topological polar surface area (TPSA) is 55.4 Å². The smallest absolute Gasteiger partial charge is 0.232 e. The molecule has 28 heavy (non-hydrogen) atoms. The summed E-state index contributed by atoms with van der Waals surface area (Å²) < 4.78 is 2.09. The molecule has 4 aromatic rings. The lowest BCUT2D eigenvalue weighted by Gasteiger charge is -2.13. The molecule has 0 aliphatic carbocycles. The molecular formula is C23H24N5+. The van der Waals surface area contributed by atoms with Crippen LogP contribution < -0.4 is 4.57 Å².